The standard InChI is InChI=1S/C14H15N3O3/c1-9-5-13(17(2)16-9)15-14(18)7-10-3-4-11-12(6-10)20-8-19-11/h3-6H,7-8H2,1-2H3,(H,15,18). The molecule has 0 aliphatic carbocycles. The van der Waals surface area contributed by atoms with E-state index in [0.29, 0.717) is 11.6 Å². The van der Waals surface area contributed by atoms with Gasteiger partial charge in [-0.1, -0.05) is 6.07 Å². The molecule has 0 radical (unpaired) electrons. The Hall–Kier alpha value is -2.50. The van der Waals surface area contributed by atoms with Gasteiger partial charge in [-0.25, -0.2) is 0 Å². The summed E-state index contributed by atoms with van der Waals surface area (Å²) in [5.74, 6) is 2.00. The van der Waals surface area contributed by atoms with Crippen LogP contribution < -0.4 is 14.8 Å². The molecule has 1 amide bonds. The number of anilines is 1. The van der Waals surface area contributed by atoms with Crippen molar-refractivity contribution in [1.82, 2.24) is 9.78 Å². The minimum Gasteiger partial charge on any atom is -0.454 e. The van der Waals surface area contributed by atoms with Crippen LogP contribution in [0.2, 0.25) is 0 Å². The molecule has 0 bridgehead atoms. The first kappa shape index (κ1) is 12.5. The average molecular weight is 273 g/mol. The summed E-state index contributed by atoms with van der Waals surface area (Å²) in [7, 11) is 1.79. The maximum atomic E-state index is 12.0. The fourth-order valence-electron chi connectivity index (χ4n) is 2.15. The molecule has 1 N–H and O–H groups in total. The maximum Gasteiger partial charge on any atom is 0.231 e. The van der Waals surface area contributed by atoms with Crippen LogP contribution in [0.25, 0.3) is 0 Å². The number of hydrogen-bond acceptors (Lipinski definition) is 4. The Morgan fingerprint density at radius 2 is 2.15 bits per heavy atom. The number of ether oxygens (including phenoxy) is 2. The molecule has 1 aromatic heterocycles. The highest BCUT2D eigenvalue weighted by Crippen LogP contribution is 2.32. The molecule has 104 valence electrons. The summed E-state index contributed by atoms with van der Waals surface area (Å²) < 4.78 is 12.2. The average Bonchev–Trinajstić information content (AvgIpc) is 2.96. The van der Waals surface area contributed by atoms with Gasteiger partial charge in [-0.3, -0.25) is 9.48 Å². The van der Waals surface area contributed by atoms with Gasteiger partial charge in [0.05, 0.1) is 12.1 Å². The first-order valence-electron chi connectivity index (χ1n) is 6.31. The van der Waals surface area contributed by atoms with Crippen LogP contribution in [-0.2, 0) is 18.3 Å². The molecule has 6 nitrogen and oxygen atoms in total. The van der Waals surface area contributed by atoms with Gasteiger partial charge < -0.3 is 14.8 Å². The Bertz CT molecular complexity index is 664. The van der Waals surface area contributed by atoms with E-state index in [1.165, 1.54) is 0 Å². The number of nitrogens with zero attached hydrogens (tertiary/aromatic N) is 2. The monoisotopic (exact) mass is 273 g/mol. The fourth-order valence-corrected chi connectivity index (χ4v) is 2.15. The van der Waals surface area contributed by atoms with Crippen LogP contribution in [0.1, 0.15) is 11.3 Å². The van der Waals surface area contributed by atoms with Crippen molar-refractivity contribution in [2.45, 2.75) is 13.3 Å². The molecule has 0 saturated carbocycles. The van der Waals surface area contributed by atoms with E-state index in [0.717, 1.165) is 17.0 Å². The minimum absolute atomic E-state index is 0.0909. The summed E-state index contributed by atoms with van der Waals surface area (Å²) >= 11 is 0. The zero-order valence-electron chi connectivity index (χ0n) is 11.3. The van der Waals surface area contributed by atoms with Crippen molar-refractivity contribution in [1.29, 1.82) is 0 Å². The predicted octanol–water partition coefficient (Wildman–Crippen LogP) is 1.64. The number of benzene rings is 1. The van der Waals surface area contributed by atoms with E-state index in [-0.39, 0.29) is 19.1 Å². The van der Waals surface area contributed by atoms with Gasteiger partial charge in [0, 0.05) is 13.1 Å². The molecule has 0 unspecified atom stereocenters. The van der Waals surface area contributed by atoms with Gasteiger partial charge in [-0.2, -0.15) is 5.10 Å². The van der Waals surface area contributed by atoms with Crippen molar-refractivity contribution in [3.05, 3.63) is 35.5 Å². The third-order valence-electron chi connectivity index (χ3n) is 3.07. The molecule has 0 fully saturated rings. The largest absolute Gasteiger partial charge is 0.454 e. The van der Waals surface area contributed by atoms with Gasteiger partial charge in [0.1, 0.15) is 5.82 Å². The van der Waals surface area contributed by atoms with E-state index in [1.807, 2.05) is 31.2 Å². The molecule has 3 rings (SSSR count). The normalized spacial score (nSPS) is 12.5. The Kier molecular flexibility index (Phi) is 3.06. The van der Waals surface area contributed by atoms with E-state index < -0.39 is 0 Å². The smallest absolute Gasteiger partial charge is 0.231 e. The van der Waals surface area contributed by atoms with Gasteiger partial charge in [0.25, 0.3) is 0 Å². The number of rotatable bonds is 3. The topological polar surface area (TPSA) is 65.4 Å². The molecule has 1 aromatic carbocycles. The third-order valence-corrected chi connectivity index (χ3v) is 3.07. The lowest BCUT2D eigenvalue weighted by Gasteiger charge is -2.06. The van der Waals surface area contributed by atoms with Crippen LogP contribution in [0.3, 0.4) is 0 Å². The summed E-state index contributed by atoms with van der Waals surface area (Å²) in [4.78, 5) is 12.0. The Labute approximate surface area is 116 Å². The first-order chi connectivity index (χ1) is 9.61. The molecule has 6 heteroatoms. The lowest BCUT2D eigenvalue weighted by molar-refractivity contribution is -0.115. The zero-order valence-corrected chi connectivity index (χ0v) is 11.3. The number of fused-ring (bicyclic) bond motifs is 1. The van der Waals surface area contributed by atoms with Crippen LogP contribution in [0.15, 0.2) is 24.3 Å². The van der Waals surface area contributed by atoms with E-state index >= 15 is 0 Å². The molecule has 20 heavy (non-hydrogen) atoms. The number of nitrogens with one attached hydrogen (secondary N) is 1. The molecular formula is C14H15N3O3. The van der Waals surface area contributed by atoms with Crippen LogP contribution in [-0.4, -0.2) is 22.5 Å². The van der Waals surface area contributed by atoms with Gasteiger partial charge in [-0.15, -0.1) is 0 Å². The van der Waals surface area contributed by atoms with Gasteiger partial charge in [0.2, 0.25) is 12.7 Å². The number of aryl methyl sites for hydroxylation is 2. The second-order valence-electron chi connectivity index (χ2n) is 4.71. The van der Waals surface area contributed by atoms with Gasteiger partial charge in [0.15, 0.2) is 11.5 Å². The van der Waals surface area contributed by atoms with Crippen LogP contribution in [0.5, 0.6) is 11.5 Å². The van der Waals surface area contributed by atoms with Crippen LogP contribution in [0, 0.1) is 6.92 Å². The molecule has 2 heterocycles. The summed E-state index contributed by atoms with van der Waals surface area (Å²) in [5, 5.41) is 7.02. The second-order valence-corrected chi connectivity index (χ2v) is 4.71. The molecule has 0 saturated heterocycles. The Morgan fingerprint density at radius 1 is 1.35 bits per heavy atom. The van der Waals surface area contributed by atoms with Crippen molar-refractivity contribution >= 4 is 11.7 Å². The summed E-state index contributed by atoms with van der Waals surface area (Å²) in [6.45, 7) is 2.12. The lowest BCUT2D eigenvalue weighted by Crippen LogP contribution is -2.16. The summed E-state index contributed by atoms with van der Waals surface area (Å²) in [6, 6.07) is 7.34. The quantitative estimate of drug-likeness (QED) is 0.923. The molecule has 1 aliphatic rings. The van der Waals surface area contributed by atoms with E-state index in [2.05, 4.69) is 10.4 Å². The van der Waals surface area contributed by atoms with Gasteiger partial charge in [-0.05, 0) is 24.6 Å². The van der Waals surface area contributed by atoms with Crippen molar-refractivity contribution in [3.8, 4) is 11.5 Å². The molecule has 0 atom stereocenters. The maximum absolute atomic E-state index is 12.0. The first-order valence-corrected chi connectivity index (χ1v) is 6.31. The number of hydrogen-bond donors (Lipinski definition) is 1. The summed E-state index contributed by atoms with van der Waals surface area (Å²) in [6.07, 6.45) is 0.279. The highest BCUT2D eigenvalue weighted by Gasteiger charge is 2.15. The minimum atomic E-state index is -0.0909. The summed E-state index contributed by atoms with van der Waals surface area (Å²) in [5.41, 5.74) is 1.75. The third kappa shape index (κ3) is 2.45. The lowest BCUT2D eigenvalue weighted by atomic mass is 10.1. The highest BCUT2D eigenvalue weighted by molar-refractivity contribution is 5.91. The molecule has 2 aromatic rings. The van der Waals surface area contributed by atoms with Crippen molar-refractivity contribution in [2.24, 2.45) is 7.05 Å². The fraction of sp³-hybridized carbons (Fsp3) is 0.286. The molecule has 0 spiro atoms. The molecule has 1 aliphatic heterocycles. The second kappa shape index (κ2) is 4.88. The van der Waals surface area contributed by atoms with E-state index in [9.17, 15) is 4.79 Å². The Balaban J connectivity index is 1.68. The zero-order chi connectivity index (χ0) is 14.1. The highest BCUT2D eigenvalue weighted by atomic mass is 16.7. The van der Waals surface area contributed by atoms with Crippen molar-refractivity contribution in [2.75, 3.05) is 12.1 Å². The van der Waals surface area contributed by atoms with Crippen LogP contribution in [0.4, 0.5) is 5.82 Å². The number of carbonyl (C=O) groups excluding carboxylic acids is 1. The molecular weight excluding hydrogens is 258 g/mol. The number of carbonyl (C=O) groups is 1. The number of amides is 1. The predicted molar refractivity (Wildman–Crippen MR) is 72.8 cm³/mol. The SMILES string of the molecule is Cc1cc(NC(=O)Cc2ccc3c(c2)OCO3)n(C)n1. The van der Waals surface area contributed by atoms with Crippen LogP contribution >= 0.6 is 0 Å². The van der Waals surface area contributed by atoms with Gasteiger partial charge >= 0.3 is 0 Å². The van der Waals surface area contributed by atoms with Crippen molar-refractivity contribution in [3.63, 3.8) is 0 Å². The number of aromatic nitrogens is 2. The van der Waals surface area contributed by atoms with Crippen molar-refractivity contribution < 1.29 is 14.3 Å². The van der Waals surface area contributed by atoms with E-state index in [1.54, 1.807) is 11.7 Å². The Morgan fingerprint density at radius 3 is 2.90 bits per heavy atom. The van der Waals surface area contributed by atoms with E-state index in [4.69, 9.17) is 9.47 Å².